The summed E-state index contributed by atoms with van der Waals surface area (Å²) in [5.74, 6) is -1.03. The third-order valence-corrected chi connectivity index (χ3v) is 5.50. The number of hydrogen-bond acceptors (Lipinski definition) is 6. The third kappa shape index (κ3) is 7.34. The van der Waals surface area contributed by atoms with E-state index in [0.717, 1.165) is 18.8 Å². The van der Waals surface area contributed by atoms with Crippen LogP contribution in [0.3, 0.4) is 0 Å². The number of benzene rings is 2. The van der Waals surface area contributed by atoms with Gasteiger partial charge in [0.1, 0.15) is 5.75 Å². The van der Waals surface area contributed by atoms with E-state index in [1.807, 2.05) is 17.8 Å². The number of methoxy groups -OCH3 is 1. The molecule has 2 N–H and O–H groups in total. The van der Waals surface area contributed by atoms with E-state index in [9.17, 15) is 9.59 Å². The van der Waals surface area contributed by atoms with Gasteiger partial charge in [0, 0.05) is 41.1 Å². The standard InChI is InChI=1S/C19H24N2OS.C4H4O4/c1-14(12-20(2)3)13-21-16-7-5-6-8-18(16)23-19-10-9-15(22-4)11-17(19)21;5-3(6)1-2-4(7)8/h5-11,14H,12-13H2,1-4H3;1-2H,(H,5,6)(H,7,8)/t14-;/m0./s1. The van der Waals surface area contributed by atoms with Crippen LogP contribution in [0.1, 0.15) is 6.92 Å². The molecule has 0 saturated heterocycles. The van der Waals surface area contributed by atoms with Gasteiger partial charge in [-0.25, -0.2) is 9.59 Å². The van der Waals surface area contributed by atoms with Crippen LogP contribution >= 0.6 is 11.8 Å². The summed E-state index contributed by atoms with van der Waals surface area (Å²) in [5, 5.41) is 15.6. The zero-order valence-electron chi connectivity index (χ0n) is 18.1. The van der Waals surface area contributed by atoms with Gasteiger partial charge < -0.3 is 24.7 Å². The summed E-state index contributed by atoms with van der Waals surface area (Å²) < 4.78 is 5.44. The lowest BCUT2D eigenvalue weighted by Crippen LogP contribution is -2.31. The van der Waals surface area contributed by atoms with Crippen molar-refractivity contribution >= 4 is 35.1 Å². The summed E-state index contributed by atoms with van der Waals surface area (Å²) in [6.45, 7) is 4.38. The fourth-order valence-electron chi connectivity index (χ4n) is 3.27. The van der Waals surface area contributed by atoms with Crippen LogP contribution in [0.15, 0.2) is 64.4 Å². The van der Waals surface area contributed by atoms with E-state index >= 15 is 0 Å². The molecule has 1 atom stereocenters. The fourth-order valence-corrected chi connectivity index (χ4v) is 4.34. The molecular formula is C23H28N2O5S. The highest BCUT2D eigenvalue weighted by Gasteiger charge is 2.25. The Morgan fingerprint density at radius 1 is 1.06 bits per heavy atom. The second-order valence-electron chi connectivity index (χ2n) is 7.39. The largest absolute Gasteiger partial charge is 0.497 e. The monoisotopic (exact) mass is 444 g/mol. The van der Waals surface area contributed by atoms with Crippen molar-refractivity contribution in [2.45, 2.75) is 16.7 Å². The Balaban J connectivity index is 0.000000366. The predicted octanol–water partition coefficient (Wildman–Crippen LogP) is 4.21. The van der Waals surface area contributed by atoms with Gasteiger partial charge in [-0.2, -0.15) is 0 Å². The van der Waals surface area contributed by atoms with Crippen LogP contribution in [0, 0.1) is 5.92 Å². The Morgan fingerprint density at radius 2 is 1.68 bits per heavy atom. The minimum atomic E-state index is -1.26. The van der Waals surface area contributed by atoms with E-state index < -0.39 is 11.9 Å². The second kappa shape index (κ2) is 11.4. The average Bonchev–Trinajstić information content (AvgIpc) is 2.71. The normalized spacial score (nSPS) is 13.1. The van der Waals surface area contributed by atoms with Gasteiger partial charge in [0.05, 0.1) is 18.5 Å². The first-order valence-corrected chi connectivity index (χ1v) is 10.5. The molecule has 0 spiro atoms. The van der Waals surface area contributed by atoms with Crippen LogP contribution in [-0.4, -0.2) is 61.3 Å². The summed E-state index contributed by atoms with van der Waals surface area (Å²) >= 11 is 1.84. The van der Waals surface area contributed by atoms with Crippen molar-refractivity contribution in [3.05, 3.63) is 54.6 Å². The molecule has 0 fully saturated rings. The highest BCUT2D eigenvalue weighted by molar-refractivity contribution is 7.99. The topological polar surface area (TPSA) is 90.3 Å². The lowest BCUT2D eigenvalue weighted by atomic mass is 10.1. The Morgan fingerprint density at radius 3 is 2.26 bits per heavy atom. The molecular weight excluding hydrogens is 416 g/mol. The number of fused-ring (bicyclic) bond motifs is 2. The Bertz CT molecular complexity index is 929. The lowest BCUT2D eigenvalue weighted by molar-refractivity contribution is -0.134. The number of anilines is 2. The van der Waals surface area contributed by atoms with Crippen LogP contribution in [0.2, 0.25) is 0 Å². The maximum Gasteiger partial charge on any atom is 0.328 e. The number of nitrogens with zero attached hydrogens (tertiary/aromatic N) is 2. The first kappa shape index (κ1) is 24.3. The van der Waals surface area contributed by atoms with Crippen molar-refractivity contribution < 1.29 is 24.5 Å². The molecule has 0 bridgehead atoms. The molecule has 0 radical (unpaired) electrons. The SMILES string of the molecule is COc1ccc2c(c1)N(C[C@@H](C)CN(C)C)c1ccccc1S2.O=C(O)C=CC(=O)O. The van der Waals surface area contributed by atoms with E-state index in [4.69, 9.17) is 14.9 Å². The first-order chi connectivity index (χ1) is 14.7. The molecule has 166 valence electrons. The van der Waals surface area contributed by atoms with E-state index in [2.05, 4.69) is 67.2 Å². The Hall–Kier alpha value is -2.97. The summed E-state index contributed by atoms with van der Waals surface area (Å²) in [4.78, 5) is 26.4. The molecule has 7 nitrogen and oxygen atoms in total. The second-order valence-corrected chi connectivity index (χ2v) is 8.48. The number of carboxylic acid groups (broad SMARTS) is 2. The van der Waals surface area contributed by atoms with Crippen molar-refractivity contribution in [3.8, 4) is 5.75 Å². The van der Waals surface area contributed by atoms with Gasteiger partial charge in [-0.1, -0.05) is 30.8 Å². The van der Waals surface area contributed by atoms with Crippen molar-refractivity contribution in [3.63, 3.8) is 0 Å². The summed E-state index contributed by atoms with van der Waals surface area (Å²) in [5.41, 5.74) is 2.54. The quantitative estimate of drug-likeness (QED) is 0.614. The average molecular weight is 445 g/mol. The number of hydrogen-bond donors (Lipinski definition) is 2. The van der Waals surface area contributed by atoms with E-state index in [1.54, 1.807) is 7.11 Å². The molecule has 31 heavy (non-hydrogen) atoms. The third-order valence-electron chi connectivity index (χ3n) is 4.37. The van der Waals surface area contributed by atoms with Crippen LogP contribution in [0.25, 0.3) is 0 Å². The summed E-state index contributed by atoms with van der Waals surface area (Å²) in [6, 6.07) is 15.0. The van der Waals surface area contributed by atoms with E-state index in [-0.39, 0.29) is 0 Å². The Labute approximate surface area is 186 Å². The zero-order valence-corrected chi connectivity index (χ0v) is 18.9. The van der Waals surface area contributed by atoms with Crippen LogP contribution < -0.4 is 9.64 Å². The maximum atomic E-state index is 9.55. The summed E-state index contributed by atoms with van der Waals surface area (Å²) in [6.07, 6.45) is 1.12. The van der Waals surface area contributed by atoms with Gasteiger partial charge in [0.15, 0.2) is 0 Å². The van der Waals surface area contributed by atoms with Crippen molar-refractivity contribution in [2.24, 2.45) is 5.92 Å². The number of ether oxygens (including phenoxy) is 1. The van der Waals surface area contributed by atoms with Crippen LogP contribution in [0.5, 0.6) is 5.75 Å². The minimum Gasteiger partial charge on any atom is -0.497 e. The number of aliphatic carboxylic acids is 2. The number of para-hydroxylation sites is 1. The van der Waals surface area contributed by atoms with Gasteiger partial charge in [0.2, 0.25) is 0 Å². The molecule has 3 rings (SSSR count). The zero-order chi connectivity index (χ0) is 23.0. The molecule has 1 aliphatic rings. The number of carbonyl (C=O) groups is 2. The molecule has 0 unspecified atom stereocenters. The molecule has 1 heterocycles. The first-order valence-electron chi connectivity index (χ1n) is 9.72. The van der Waals surface area contributed by atoms with Crippen molar-refractivity contribution in [2.75, 3.05) is 39.2 Å². The van der Waals surface area contributed by atoms with Gasteiger partial charge in [-0.3, -0.25) is 0 Å². The predicted molar refractivity (Wildman–Crippen MR) is 123 cm³/mol. The molecule has 1 aliphatic heterocycles. The molecule has 0 saturated carbocycles. The highest BCUT2D eigenvalue weighted by atomic mass is 32.2. The van der Waals surface area contributed by atoms with Gasteiger partial charge in [-0.15, -0.1) is 0 Å². The van der Waals surface area contributed by atoms with Crippen LogP contribution in [-0.2, 0) is 9.59 Å². The van der Waals surface area contributed by atoms with Gasteiger partial charge >= 0.3 is 11.9 Å². The maximum absolute atomic E-state index is 9.55. The lowest BCUT2D eigenvalue weighted by Gasteiger charge is -2.35. The fraction of sp³-hybridized carbons (Fsp3) is 0.304. The molecule has 0 aromatic heterocycles. The molecule has 8 heteroatoms. The van der Waals surface area contributed by atoms with E-state index in [1.165, 1.54) is 21.2 Å². The summed E-state index contributed by atoms with van der Waals surface area (Å²) in [7, 11) is 5.99. The van der Waals surface area contributed by atoms with Crippen molar-refractivity contribution in [1.82, 2.24) is 4.90 Å². The van der Waals surface area contributed by atoms with E-state index in [0.29, 0.717) is 18.1 Å². The van der Waals surface area contributed by atoms with Crippen LogP contribution in [0.4, 0.5) is 11.4 Å². The smallest absolute Gasteiger partial charge is 0.328 e. The molecule has 2 aromatic rings. The molecule has 2 aromatic carbocycles. The van der Waals surface area contributed by atoms with Gasteiger partial charge in [-0.05, 0) is 44.3 Å². The highest BCUT2D eigenvalue weighted by Crippen LogP contribution is 2.49. The number of carboxylic acids is 2. The van der Waals surface area contributed by atoms with Crippen molar-refractivity contribution in [1.29, 1.82) is 0 Å². The van der Waals surface area contributed by atoms with Gasteiger partial charge in [0.25, 0.3) is 0 Å². The number of rotatable bonds is 7. The Kier molecular flexibility index (Phi) is 8.96. The molecule has 0 amide bonds. The molecule has 0 aliphatic carbocycles. The minimum absolute atomic E-state index is 0.558.